The number of nitrogen functional groups attached to an aromatic ring is 1. The molecule has 0 radical (unpaired) electrons. The van der Waals surface area contributed by atoms with E-state index in [-0.39, 0.29) is 5.91 Å². The zero-order chi connectivity index (χ0) is 15.2. The second kappa shape index (κ2) is 7.28. The minimum Gasteiger partial charge on any atom is -0.497 e. The van der Waals surface area contributed by atoms with Crippen LogP contribution in [-0.2, 0) is 0 Å². The van der Waals surface area contributed by atoms with Crippen molar-refractivity contribution in [3.8, 4) is 5.75 Å². The molecule has 1 saturated heterocycles. The van der Waals surface area contributed by atoms with Gasteiger partial charge in [0.15, 0.2) is 0 Å². The first-order chi connectivity index (χ1) is 10.1. The third-order valence-electron chi connectivity index (χ3n) is 3.81. The van der Waals surface area contributed by atoms with Crippen molar-refractivity contribution in [1.82, 2.24) is 15.1 Å². The standard InChI is InChI=1S/C15H24N4O2/c1-18-7-9-19(10-8-18)6-5-17-15(20)13-4-3-12(21-2)11-14(13)16/h3-4,11H,5-10,16H2,1-2H3,(H,17,20). The Bertz CT molecular complexity index is 485. The summed E-state index contributed by atoms with van der Waals surface area (Å²) in [6.07, 6.45) is 0. The molecule has 2 rings (SSSR count). The van der Waals surface area contributed by atoms with E-state index in [4.69, 9.17) is 10.5 Å². The lowest BCUT2D eigenvalue weighted by molar-refractivity contribution is 0.0942. The van der Waals surface area contributed by atoms with Crippen molar-refractivity contribution in [2.45, 2.75) is 0 Å². The number of amides is 1. The third kappa shape index (κ3) is 4.34. The molecule has 6 heteroatoms. The van der Waals surface area contributed by atoms with Crippen molar-refractivity contribution in [2.24, 2.45) is 0 Å². The van der Waals surface area contributed by atoms with Gasteiger partial charge in [0.25, 0.3) is 5.91 Å². The molecule has 0 saturated carbocycles. The first-order valence-corrected chi connectivity index (χ1v) is 7.23. The molecular formula is C15H24N4O2. The number of carbonyl (C=O) groups is 1. The SMILES string of the molecule is COc1ccc(C(=O)NCCN2CCN(C)CC2)c(N)c1. The molecule has 0 aromatic heterocycles. The van der Waals surface area contributed by atoms with Gasteiger partial charge in [0, 0.05) is 51.0 Å². The maximum atomic E-state index is 12.1. The fraction of sp³-hybridized carbons (Fsp3) is 0.533. The molecule has 0 bridgehead atoms. The number of methoxy groups -OCH3 is 1. The second-order valence-corrected chi connectivity index (χ2v) is 5.35. The fourth-order valence-electron chi connectivity index (χ4n) is 2.37. The van der Waals surface area contributed by atoms with Crippen LogP contribution in [-0.4, -0.2) is 69.1 Å². The Morgan fingerprint density at radius 3 is 2.67 bits per heavy atom. The minimum absolute atomic E-state index is 0.135. The van der Waals surface area contributed by atoms with Gasteiger partial charge < -0.3 is 20.7 Å². The number of nitrogens with one attached hydrogen (secondary N) is 1. The Hall–Kier alpha value is -1.79. The van der Waals surface area contributed by atoms with Gasteiger partial charge in [-0.1, -0.05) is 0 Å². The lowest BCUT2D eigenvalue weighted by Crippen LogP contribution is -2.46. The quantitative estimate of drug-likeness (QED) is 0.762. The molecule has 0 atom stereocenters. The van der Waals surface area contributed by atoms with Gasteiger partial charge in [-0.3, -0.25) is 9.69 Å². The Kier molecular flexibility index (Phi) is 5.41. The number of carbonyl (C=O) groups excluding carboxylic acids is 1. The third-order valence-corrected chi connectivity index (χ3v) is 3.81. The van der Waals surface area contributed by atoms with Crippen LogP contribution in [0, 0.1) is 0 Å². The molecule has 1 aromatic rings. The van der Waals surface area contributed by atoms with Crippen LogP contribution in [0.3, 0.4) is 0 Å². The Labute approximate surface area is 125 Å². The molecule has 1 heterocycles. The van der Waals surface area contributed by atoms with E-state index in [1.54, 1.807) is 25.3 Å². The van der Waals surface area contributed by atoms with Gasteiger partial charge in [-0.25, -0.2) is 0 Å². The Balaban J connectivity index is 1.79. The fourth-order valence-corrected chi connectivity index (χ4v) is 2.37. The molecule has 0 unspecified atom stereocenters. The zero-order valence-corrected chi connectivity index (χ0v) is 12.8. The number of nitrogens with two attached hydrogens (primary N) is 1. The van der Waals surface area contributed by atoms with Gasteiger partial charge >= 0.3 is 0 Å². The van der Waals surface area contributed by atoms with E-state index >= 15 is 0 Å². The highest BCUT2D eigenvalue weighted by Crippen LogP contribution is 2.19. The highest BCUT2D eigenvalue weighted by molar-refractivity contribution is 5.99. The Morgan fingerprint density at radius 1 is 1.33 bits per heavy atom. The van der Waals surface area contributed by atoms with Crippen LogP contribution in [0.15, 0.2) is 18.2 Å². The number of rotatable bonds is 5. The number of likely N-dealkylation sites (N-methyl/N-ethyl adjacent to an activating group) is 1. The van der Waals surface area contributed by atoms with E-state index in [0.717, 1.165) is 32.7 Å². The zero-order valence-electron chi connectivity index (χ0n) is 12.8. The summed E-state index contributed by atoms with van der Waals surface area (Å²) < 4.78 is 5.08. The molecule has 0 spiro atoms. The van der Waals surface area contributed by atoms with E-state index in [9.17, 15) is 4.79 Å². The van der Waals surface area contributed by atoms with Gasteiger partial charge in [-0.15, -0.1) is 0 Å². The number of hydrogen-bond donors (Lipinski definition) is 2. The van der Waals surface area contributed by atoms with Gasteiger partial charge in [0.1, 0.15) is 5.75 Å². The Morgan fingerprint density at radius 2 is 2.05 bits per heavy atom. The molecule has 1 fully saturated rings. The molecule has 3 N–H and O–H groups in total. The summed E-state index contributed by atoms with van der Waals surface area (Å²) in [6.45, 7) is 5.77. The average molecular weight is 292 g/mol. The average Bonchev–Trinajstić information content (AvgIpc) is 2.49. The van der Waals surface area contributed by atoms with Crippen molar-refractivity contribution in [1.29, 1.82) is 0 Å². The van der Waals surface area contributed by atoms with Crippen molar-refractivity contribution in [2.75, 3.05) is 59.2 Å². The topological polar surface area (TPSA) is 70.8 Å². The summed E-state index contributed by atoms with van der Waals surface area (Å²) in [5.74, 6) is 0.519. The maximum Gasteiger partial charge on any atom is 0.253 e. The van der Waals surface area contributed by atoms with Crippen LogP contribution in [0.2, 0.25) is 0 Å². The number of anilines is 1. The number of benzene rings is 1. The molecule has 1 aliphatic heterocycles. The monoisotopic (exact) mass is 292 g/mol. The highest BCUT2D eigenvalue weighted by Gasteiger charge is 2.14. The van der Waals surface area contributed by atoms with E-state index in [2.05, 4.69) is 22.2 Å². The number of ether oxygens (including phenoxy) is 1. The first-order valence-electron chi connectivity index (χ1n) is 7.23. The largest absolute Gasteiger partial charge is 0.497 e. The van der Waals surface area contributed by atoms with Gasteiger partial charge in [-0.2, -0.15) is 0 Å². The molecule has 6 nitrogen and oxygen atoms in total. The predicted octanol–water partition coefficient (Wildman–Crippen LogP) is 0.255. The van der Waals surface area contributed by atoms with E-state index in [1.165, 1.54) is 0 Å². The summed E-state index contributed by atoms with van der Waals surface area (Å²) >= 11 is 0. The molecule has 1 aliphatic rings. The summed E-state index contributed by atoms with van der Waals surface area (Å²) in [5.41, 5.74) is 6.80. The molecule has 116 valence electrons. The van der Waals surface area contributed by atoms with E-state index < -0.39 is 0 Å². The molecule has 1 amide bonds. The number of piperazine rings is 1. The van der Waals surface area contributed by atoms with Crippen LogP contribution in [0.5, 0.6) is 5.75 Å². The second-order valence-electron chi connectivity index (χ2n) is 5.35. The van der Waals surface area contributed by atoms with Gasteiger partial charge in [-0.05, 0) is 19.2 Å². The predicted molar refractivity (Wildman–Crippen MR) is 83.7 cm³/mol. The van der Waals surface area contributed by atoms with Crippen LogP contribution in [0.1, 0.15) is 10.4 Å². The maximum absolute atomic E-state index is 12.1. The van der Waals surface area contributed by atoms with E-state index in [1.807, 2.05) is 0 Å². The number of hydrogen-bond acceptors (Lipinski definition) is 5. The van der Waals surface area contributed by atoms with Crippen LogP contribution >= 0.6 is 0 Å². The van der Waals surface area contributed by atoms with E-state index in [0.29, 0.717) is 23.5 Å². The normalized spacial score (nSPS) is 16.7. The lowest BCUT2D eigenvalue weighted by Gasteiger charge is -2.32. The van der Waals surface area contributed by atoms with Crippen molar-refractivity contribution in [3.05, 3.63) is 23.8 Å². The summed E-state index contributed by atoms with van der Waals surface area (Å²) in [4.78, 5) is 16.8. The summed E-state index contributed by atoms with van der Waals surface area (Å²) in [7, 11) is 3.70. The van der Waals surface area contributed by atoms with Crippen LogP contribution in [0.25, 0.3) is 0 Å². The molecule has 21 heavy (non-hydrogen) atoms. The summed E-state index contributed by atoms with van der Waals surface area (Å²) in [5, 5.41) is 2.92. The van der Waals surface area contributed by atoms with Crippen molar-refractivity contribution >= 4 is 11.6 Å². The highest BCUT2D eigenvalue weighted by atomic mass is 16.5. The van der Waals surface area contributed by atoms with Gasteiger partial charge in [0.2, 0.25) is 0 Å². The van der Waals surface area contributed by atoms with Crippen molar-refractivity contribution < 1.29 is 9.53 Å². The molecule has 1 aromatic carbocycles. The van der Waals surface area contributed by atoms with Crippen LogP contribution < -0.4 is 15.8 Å². The molecule has 0 aliphatic carbocycles. The summed E-state index contributed by atoms with van der Waals surface area (Å²) in [6, 6.07) is 5.10. The van der Waals surface area contributed by atoms with Gasteiger partial charge in [0.05, 0.1) is 12.7 Å². The van der Waals surface area contributed by atoms with Crippen molar-refractivity contribution in [3.63, 3.8) is 0 Å². The molecular weight excluding hydrogens is 268 g/mol. The minimum atomic E-state index is -0.135. The first kappa shape index (κ1) is 15.6. The lowest BCUT2D eigenvalue weighted by atomic mass is 10.1. The number of nitrogens with zero attached hydrogens (tertiary/aromatic N) is 2. The van der Waals surface area contributed by atoms with Crippen LogP contribution in [0.4, 0.5) is 5.69 Å². The smallest absolute Gasteiger partial charge is 0.253 e.